The minimum Gasteiger partial charge on any atom is -0.392 e. The van der Waals surface area contributed by atoms with Gasteiger partial charge in [-0.3, -0.25) is 0 Å². The van der Waals surface area contributed by atoms with Crippen LogP contribution >= 0.6 is 0 Å². The number of alkyl halides is 3. The molecular weight excluding hydrogens is 212 g/mol. The summed E-state index contributed by atoms with van der Waals surface area (Å²) in [6, 6.07) is 2.19. The Balaban J connectivity index is 3.21. The summed E-state index contributed by atoms with van der Waals surface area (Å²) in [7, 11) is 0. The number of hydrogen-bond donors (Lipinski definition) is 1. The van der Waals surface area contributed by atoms with Crippen LogP contribution < -0.4 is 0 Å². The molecule has 1 aromatic carbocycles. The first-order valence-electron chi connectivity index (χ1n) is 4.09. The van der Waals surface area contributed by atoms with Gasteiger partial charge in [0.05, 0.1) is 12.2 Å². The third-order valence-electron chi connectivity index (χ3n) is 1.72. The zero-order valence-corrected chi connectivity index (χ0v) is 7.55. The zero-order chi connectivity index (χ0) is 11.5. The molecule has 0 atom stereocenters. The molecule has 15 heavy (non-hydrogen) atoms. The molecule has 0 radical (unpaired) electrons. The minimum atomic E-state index is -4.52. The van der Waals surface area contributed by atoms with Crippen LogP contribution in [-0.4, -0.2) is 11.7 Å². The summed E-state index contributed by atoms with van der Waals surface area (Å²) < 4.78 is 49.9. The summed E-state index contributed by atoms with van der Waals surface area (Å²) in [5, 5.41) is 8.43. The first-order chi connectivity index (χ1) is 6.95. The van der Waals surface area contributed by atoms with Crippen LogP contribution in [0.1, 0.15) is 11.1 Å². The van der Waals surface area contributed by atoms with Gasteiger partial charge in [0.1, 0.15) is 5.82 Å². The van der Waals surface area contributed by atoms with Crippen molar-refractivity contribution in [3.8, 4) is 0 Å². The molecule has 5 heteroatoms. The lowest BCUT2D eigenvalue weighted by Crippen LogP contribution is -2.07. The van der Waals surface area contributed by atoms with Crippen LogP contribution in [0.25, 0.3) is 6.08 Å². The first-order valence-corrected chi connectivity index (χ1v) is 4.09. The van der Waals surface area contributed by atoms with Crippen molar-refractivity contribution in [1.29, 1.82) is 0 Å². The Morgan fingerprint density at radius 2 is 1.93 bits per heavy atom. The molecule has 1 rings (SSSR count). The lowest BCUT2D eigenvalue weighted by molar-refractivity contribution is -0.137. The standard InChI is InChI=1S/C10H8F4O/c11-8-3-4-9(10(12,13)14)7(6-8)2-1-5-15/h1-4,6,15H,5H2. The Bertz CT molecular complexity index is 368. The van der Waals surface area contributed by atoms with Crippen molar-refractivity contribution < 1.29 is 22.7 Å². The minimum absolute atomic E-state index is 0.295. The van der Waals surface area contributed by atoms with E-state index in [9.17, 15) is 17.6 Å². The smallest absolute Gasteiger partial charge is 0.392 e. The van der Waals surface area contributed by atoms with Gasteiger partial charge in [-0.15, -0.1) is 0 Å². The number of aliphatic hydroxyl groups is 1. The van der Waals surface area contributed by atoms with Crippen LogP contribution in [0.3, 0.4) is 0 Å². The van der Waals surface area contributed by atoms with Crippen molar-refractivity contribution in [2.75, 3.05) is 6.61 Å². The second kappa shape index (κ2) is 4.44. The Morgan fingerprint density at radius 1 is 1.27 bits per heavy atom. The Morgan fingerprint density at radius 3 is 2.47 bits per heavy atom. The zero-order valence-electron chi connectivity index (χ0n) is 7.55. The lowest BCUT2D eigenvalue weighted by Gasteiger charge is -2.09. The average molecular weight is 220 g/mol. The lowest BCUT2D eigenvalue weighted by atomic mass is 10.1. The van der Waals surface area contributed by atoms with Crippen molar-refractivity contribution >= 4 is 6.08 Å². The number of halogens is 4. The number of benzene rings is 1. The van der Waals surface area contributed by atoms with Gasteiger partial charge in [0, 0.05) is 0 Å². The highest BCUT2D eigenvalue weighted by Crippen LogP contribution is 2.32. The van der Waals surface area contributed by atoms with Crippen molar-refractivity contribution in [3.63, 3.8) is 0 Å². The van der Waals surface area contributed by atoms with E-state index in [2.05, 4.69) is 0 Å². The van der Waals surface area contributed by atoms with E-state index in [0.29, 0.717) is 6.07 Å². The molecule has 0 aromatic heterocycles. The Hall–Kier alpha value is -1.36. The normalized spacial score (nSPS) is 12.3. The maximum absolute atomic E-state index is 12.7. The maximum Gasteiger partial charge on any atom is 0.416 e. The number of rotatable bonds is 2. The van der Waals surface area contributed by atoms with Crippen molar-refractivity contribution in [2.24, 2.45) is 0 Å². The molecule has 0 amide bonds. The van der Waals surface area contributed by atoms with E-state index in [1.807, 2.05) is 0 Å². The molecule has 0 saturated heterocycles. The summed E-state index contributed by atoms with van der Waals surface area (Å²) in [5.41, 5.74) is -1.22. The van der Waals surface area contributed by atoms with Crippen molar-refractivity contribution in [2.45, 2.75) is 6.18 Å². The molecule has 1 N–H and O–H groups in total. The average Bonchev–Trinajstić information content (AvgIpc) is 2.12. The van der Waals surface area contributed by atoms with Crippen LogP contribution in [-0.2, 0) is 6.18 Å². The molecule has 0 heterocycles. The molecule has 1 nitrogen and oxygen atoms in total. The van der Waals surface area contributed by atoms with Gasteiger partial charge in [0.15, 0.2) is 0 Å². The molecule has 0 bridgehead atoms. The second-order valence-corrected chi connectivity index (χ2v) is 2.81. The van der Waals surface area contributed by atoms with E-state index < -0.39 is 24.2 Å². The molecule has 0 unspecified atom stereocenters. The highest BCUT2D eigenvalue weighted by atomic mass is 19.4. The maximum atomic E-state index is 12.7. The molecule has 0 aliphatic heterocycles. The number of aliphatic hydroxyl groups excluding tert-OH is 1. The van der Waals surface area contributed by atoms with Crippen LogP contribution in [0.5, 0.6) is 0 Å². The van der Waals surface area contributed by atoms with Crippen molar-refractivity contribution in [3.05, 3.63) is 41.2 Å². The van der Waals surface area contributed by atoms with Gasteiger partial charge in [-0.25, -0.2) is 4.39 Å². The summed E-state index contributed by atoms with van der Waals surface area (Å²) in [6.07, 6.45) is -2.38. The van der Waals surface area contributed by atoms with E-state index in [1.165, 1.54) is 0 Å². The van der Waals surface area contributed by atoms with Gasteiger partial charge in [-0.1, -0.05) is 12.2 Å². The molecular formula is C10H8F4O. The third-order valence-corrected chi connectivity index (χ3v) is 1.72. The summed E-state index contributed by atoms with van der Waals surface area (Å²) in [5.74, 6) is -0.749. The molecule has 0 fully saturated rings. The van der Waals surface area contributed by atoms with Gasteiger partial charge in [0.2, 0.25) is 0 Å². The van der Waals surface area contributed by atoms with E-state index in [1.54, 1.807) is 0 Å². The summed E-state index contributed by atoms with van der Waals surface area (Å²) in [6.45, 7) is -0.395. The van der Waals surface area contributed by atoms with Gasteiger partial charge in [-0.2, -0.15) is 13.2 Å². The summed E-state index contributed by atoms with van der Waals surface area (Å²) in [4.78, 5) is 0. The first kappa shape index (κ1) is 11.7. The summed E-state index contributed by atoms with van der Waals surface area (Å²) >= 11 is 0. The number of hydrogen-bond acceptors (Lipinski definition) is 1. The van der Waals surface area contributed by atoms with Gasteiger partial charge < -0.3 is 5.11 Å². The molecule has 1 aromatic rings. The highest BCUT2D eigenvalue weighted by molar-refractivity contribution is 5.54. The predicted octanol–water partition coefficient (Wildman–Crippen LogP) is 2.85. The molecule has 0 aliphatic carbocycles. The molecule has 82 valence electrons. The topological polar surface area (TPSA) is 20.2 Å². The van der Waals surface area contributed by atoms with Crippen LogP contribution in [0.2, 0.25) is 0 Å². The third kappa shape index (κ3) is 3.06. The van der Waals surface area contributed by atoms with E-state index in [0.717, 1.165) is 24.3 Å². The van der Waals surface area contributed by atoms with E-state index in [4.69, 9.17) is 5.11 Å². The van der Waals surface area contributed by atoms with Gasteiger partial charge in [0.25, 0.3) is 0 Å². The van der Waals surface area contributed by atoms with Crippen LogP contribution in [0.4, 0.5) is 17.6 Å². The second-order valence-electron chi connectivity index (χ2n) is 2.81. The Kier molecular flexibility index (Phi) is 3.47. The fourth-order valence-corrected chi connectivity index (χ4v) is 1.11. The van der Waals surface area contributed by atoms with Crippen molar-refractivity contribution in [1.82, 2.24) is 0 Å². The van der Waals surface area contributed by atoms with Crippen LogP contribution in [0.15, 0.2) is 24.3 Å². The molecule has 0 saturated carbocycles. The fourth-order valence-electron chi connectivity index (χ4n) is 1.11. The molecule has 0 spiro atoms. The SMILES string of the molecule is OCC=Cc1cc(F)ccc1C(F)(F)F. The quantitative estimate of drug-likeness (QED) is 0.760. The van der Waals surface area contributed by atoms with E-state index in [-0.39, 0.29) is 5.56 Å². The predicted molar refractivity (Wildman–Crippen MR) is 47.5 cm³/mol. The van der Waals surface area contributed by atoms with Crippen LogP contribution in [0, 0.1) is 5.82 Å². The monoisotopic (exact) mass is 220 g/mol. The van der Waals surface area contributed by atoms with Gasteiger partial charge >= 0.3 is 6.18 Å². The van der Waals surface area contributed by atoms with Gasteiger partial charge in [-0.05, 0) is 23.8 Å². The fraction of sp³-hybridized carbons (Fsp3) is 0.200. The molecule has 0 aliphatic rings. The highest BCUT2D eigenvalue weighted by Gasteiger charge is 2.32. The largest absolute Gasteiger partial charge is 0.416 e. The Labute approximate surface area is 83.7 Å². The van der Waals surface area contributed by atoms with E-state index >= 15 is 0 Å².